The minimum Gasteiger partial charge on any atom is -0.324 e. The zero-order valence-corrected chi connectivity index (χ0v) is 16.9. The predicted molar refractivity (Wildman–Crippen MR) is 116 cm³/mol. The van der Waals surface area contributed by atoms with Crippen LogP contribution in [0.2, 0.25) is 10.0 Å². The first-order valence-corrected chi connectivity index (χ1v) is 9.94. The van der Waals surface area contributed by atoms with Gasteiger partial charge in [-0.2, -0.15) is 0 Å². The molecule has 0 spiro atoms. The quantitative estimate of drug-likeness (QED) is 0.603. The predicted octanol–water partition coefficient (Wildman–Crippen LogP) is 5.18. The number of hydrogen-bond donors (Lipinski definition) is 2. The van der Waals surface area contributed by atoms with E-state index in [1.54, 1.807) is 30.5 Å². The van der Waals surface area contributed by atoms with Crippen molar-refractivity contribution in [1.29, 1.82) is 0 Å². The second-order valence-corrected chi connectivity index (χ2v) is 7.71. The van der Waals surface area contributed by atoms with Crippen LogP contribution in [-0.4, -0.2) is 34.4 Å². The highest BCUT2D eigenvalue weighted by molar-refractivity contribution is 6.35. The number of hydrogen-bond acceptors (Lipinski definition) is 3. The molecule has 1 aliphatic rings. The van der Waals surface area contributed by atoms with E-state index in [0.717, 1.165) is 17.3 Å². The van der Waals surface area contributed by atoms with E-state index >= 15 is 0 Å². The number of carbonyl (C=O) groups is 2. The first-order valence-electron chi connectivity index (χ1n) is 9.19. The number of urea groups is 1. The van der Waals surface area contributed by atoms with Gasteiger partial charge >= 0.3 is 6.03 Å². The third-order valence-electron chi connectivity index (χ3n) is 4.80. The van der Waals surface area contributed by atoms with Crippen molar-refractivity contribution in [2.75, 3.05) is 17.2 Å². The Bertz CT molecular complexity index is 1070. The molecule has 1 fully saturated rings. The molecule has 148 valence electrons. The number of aromatic nitrogens is 1. The molecule has 1 aliphatic heterocycles. The van der Waals surface area contributed by atoms with Gasteiger partial charge in [-0.05, 0) is 55.3 Å². The van der Waals surface area contributed by atoms with Gasteiger partial charge in [-0.15, -0.1) is 0 Å². The lowest BCUT2D eigenvalue weighted by molar-refractivity contribution is -0.119. The molecule has 2 heterocycles. The standard InChI is InChI=1S/C21H18Cl2N4O2/c22-14-10-15(23)12-17(11-14)26-21(29)27-8-2-4-19(27)20(28)25-16-5-6-18-13(9-16)3-1-7-24-18/h1,3,5-7,9-12,19H,2,4,8H2,(H,25,28)(H,26,29). The Hall–Kier alpha value is -2.83. The Labute approximate surface area is 177 Å². The summed E-state index contributed by atoms with van der Waals surface area (Å²) in [5.74, 6) is -0.218. The normalized spacial score (nSPS) is 16.1. The number of anilines is 2. The first kappa shape index (κ1) is 19.5. The van der Waals surface area contributed by atoms with Crippen molar-refractivity contribution in [1.82, 2.24) is 9.88 Å². The Kier molecular flexibility index (Phi) is 5.56. The van der Waals surface area contributed by atoms with Gasteiger partial charge in [-0.25, -0.2) is 4.79 Å². The van der Waals surface area contributed by atoms with Crippen LogP contribution in [0.4, 0.5) is 16.2 Å². The summed E-state index contributed by atoms with van der Waals surface area (Å²) in [6.07, 6.45) is 3.08. The molecule has 1 atom stereocenters. The number of nitrogens with zero attached hydrogens (tertiary/aromatic N) is 2. The van der Waals surface area contributed by atoms with Gasteiger partial charge in [0.1, 0.15) is 6.04 Å². The summed E-state index contributed by atoms with van der Waals surface area (Å²) >= 11 is 12.0. The third-order valence-corrected chi connectivity index (χ3v) is 5.24. The summed E-state index contributed by atoms with van der Waals surface area (Å²) in [6, 6.07) is 13.2. The van der Waals surface area contributed by atoms with E-state index in [1.165, 1.54) is 4.90 Å². The lowest BCUT2D eigenvalue weighted by atomic mass is 10.1. The number of carbonyl (C=O) groups excluding carboxylic acids is 2. The van der Waals surface area contributed by atoms with Gasteiger partial charge in [0.2, 0.25) is 5.91 Å². The fraction of sp³-hybridized carbons (Fsp3) is 0.190. The molecule has 3 amide bonds. The zero-order valence-electron chi connectivity index (χ0n) is 15.4. The van der Waals surface area contributed by atoms with E-state index in [-0.39, 0.29) is 11.9 Å². The number of pyridine rings is 1. The maximum atomic E-state index is 12.8. The largest absolute Gasteiger partial charge is 0.324 e. The highest BCUT2D eigenvalue weighted by Gasteiger charge is 2.34. The molecule has 0 bridgehead atoms. The average molecular weight is 429 g/mol. The van der Waals surface area contributed by atoms with Crippen molar-refractivity contribution in [3.63, 3.8) is 0 Å². The number of nitrogens with one attached hydrogen (secondary N) is 2. The van der Waals surface area contributed by atoms with E-state index in [9.17, 15) is 9.59 Å². The smallest absolute Gasteiger partial charge is 0.322 e. The van der Waals surface area contributed by atoms with Crippen LogP contribution in [0.15, 0.2) is 54.7 Å². The summed E-state index contributed by atoms with van der Waals surface area (Å²) in [5, 5.41) is 7.47. The SMILES string of the molecule is O=C(Nc1ccc2ncccc2c1)C1CCCN1C(=O)Nc1cc(Cl)cc(Cl)c1. The molecule has 4 rings (SSSR count). The van der Waals surface area contributed by atoms with Crippen molar-refractivity contribution >= 4 is 57.4 Å². The van der Waals surface area contributed by atoms with Crippen LogP contribution >= 0.6 is 23.2 Å². The maximum absolute atomic E-state index is 12.8. The van der Waals surface area contributed by atoms with Crippen LogP contribution in [0.3, 0.4) is 0 Å². The zero-order chi connectivity index (χ0) is 20.4. The highest BCUT2D eigenvalue weighted by Crippen LogP contribution is 2.25. The number of likely N-dealkylation sites (tertiary alicyclic amines) is 1. The van der Waals surface area contributed by atoms with Crippen LogP contribution < -0.4 is 10.6 Å². The number of amides is 3. The first-order chi connectivity index (χ1) is 14.0. The summed E-state index contributed by atoms with van der Waals surface area (Å²) in [7, 11) is 0. The van der Waals surface area contributed by atoms with Gasteiger partial charge < -0.3 is 15.5 Å². The molecule has 3 aromatic rings. The summed E-state index contributed by atoms with van der Waals surface area (Å²) in [5.41, 5.74) is 2.01. The van der Waals surface area contributed by atoms with Crippen molar-refractivity contribution in [2.45, 2.75) is 18.9 Å². The second-order valence-electron chi connectivity index (χ2n) is 6.84. The molecule has 29 heavy (non-hydrogen) atoms. The summed E-state index contributed by atoms with van der Waals surface area (Å²) in [6.45, 7) is 0.500. The van der Waals surface area contributed by atoms with Crippen molar-refractivity contribution in [3.8, 4) is 0 Å². The maximum Gasteiger partial charge on any atom is 0.322 e. The van der Waals surface area contributed by atoms with E-state index in [4.69, 9.17) is 23.2 Å². The van der Waals surface area contributed by atoms with E-state index in [1.807, 2.05) is 24.3 Å². The molecule has 0 saturated carbocycles. The Morgan fingerprint density at radius 2 is 1.79 bits per heavy atom. The lowest BCUT2D eigenvalue weighted by Gasteiger charge is -2.24. The number of fused-ring (bicyclic) bond motifs is 1. The van der Waals surface area contributed by atoms with Crippen LogP contribution in [0, 0.1) is 0 Å². The van der Waals surface area contributed by atoms with Crippen molar-refractivity contribution < 1.29 is 9.59 Å². The Morgan fingerprint density at radius 1 is 1.00 bits per heavy atom. The fourth-order valence-corrected chi connectivity index (χ4v) is 4.01. The fourth-order valence-electron chi connectivity index (χ4n) is 3.48. The molecule has 8 heteroatoms. The number of halogens is 2. The molecule has 2 N–H and O–H groups in total. The van der Waals surface area contributed by atoms with Gasteiger partial charge in [0.15, 0.2) is 0 Å². The van der Waals surface area contributed by atoms with E-state index in [2.05, 4.69) is 15.6 Å². The Morgan fingerprint density at radius 3 is 2.59 bits per heavy atom. The molecule has 0 aliphatic carbocycles. The minimum atomic E-state index is -0.547. The monoisotopic (exact) mass is 428 g/mol. The molecular weight excluding hydrogens is 411 g/mol. The topological polar surface area (TPSA) is 74.3 Å². The summed E-state index contributed by atoms with van der Waals surface area (Å²) < 4.78 is 0. The van der Waals surface area contributed by atoms with Gasteiger partial charge in [0.05, 0.1) is 5.52 Å². The summed E-state index contributed by atoms with van der Waals surface area (Å²) in [4.78, 5) is 31.4. The number of benzene rings is 2. The molecular formula is C21H18Cl2N4O2. The van der Waals surface area contributed by atoms with E-state index < -0.39 is 6.04 Å². The molecule has 0 radical (unpaired) electrons. The van der Waals surface area contributed by atoms with Crippen LogP contribution in [-0.2, 0) is 4.79 Å². The second kappa shape index (κ2) is 8.27. The van der Waals surface area contributed by atoms with Gasteiger partial charge in [0.25, 0.3) is 0 Å². The lowest BCUT2D eigenvalue weighted by Crippen LogP contribution is -2.45. The van der Waals surface area contributed by atoms with E-state index in [0.29, 0.717) is 34.4 Å². The van der Waals surface area contributed by atoms with Crippen molar-refractivity contribution in [2.24, 2.45) is 0 Å². The molecule has 1 unspecified atom stereocenters. The van der Waals surface area contributed by atoms with Crippen LogP contribution in [0.5, 0.6) is 0 Å². The average Bonchev–Trinajstić information content (AvgIpc) is 3.17. The molecule has 1 aromatic heterocycles. The van der Waals surface area contributed by atoms with Gasteiger partial charge in [-0.3, -0.25) is 9.78 Å². The van der Waals surface area contributed by atoms with Crippen LogP contribution in [0.25, 0.3) is 10.9 Å². The third kappa shape index (κ3) is 4.44. The minimum absolute atomic E-state index is 0.218. The molecule has 2 aromatic carbocycles. The number of rotatable bonds is 3. The van der Waals surface area contributed by atoms with Crippen LogP contribution in [0.1, 0.15) is 12.8 Å². The van der Waals surface area contributed by atoms with Gasteiger partial charge in [0, 0.05) is 39.5 Å². The molecule has 1 saturated heterocycles. The Balaban J connectivity index is 1.46. The van der Waals surface area contributed by atoms with Gasteiger partial charge in [-0.1, -0.05) is 29.3 Å². The molecule has 6 nitrogen and oxygen atoms in total. The highest BCUT2D eigenvalue weighted by atomic mass is 35.5. The van der Waals surface area contributed by atoms with Crippen molar-refractivity contribution in [3.05, 3.63) is 64.8 Å².